The van der Waals surface area contributed by atoms with Crippen molar-refractivity contribution in [3.8, 4) is 137 Å². The first-order chi connectivity index (χ1) is 60.3. The molecule has 14 heteroatoms. The van der Waals surface area contributed by atoms with E-state index in [1.807, 2.05) is 182 Å². The summed E-state index contributed by atoms with van der Waals surface area (Å²) in [5.41, 5.74) is 22.4. The predicted octanol–water partition coefficient (Wildman–Crippen LogP) is 25.7. The number of nitriles is 2. The van der Waals surface area contributed by atoms with E-state index in [2.05, 4.69) is 189 Å². The van der Waals surface area contributed by atoms with Crippen LogP contribution in [0.3, 0.4) is 0 Å². The molecule has 16 aromatic carbocycles. The van der Waals surface area contributed by atoms with Gasteiger partial charge in [0.15, 0.2) is 34.9 Å². The molecule has 0 radical (unpaired) electrons. The SMILES string of the molecule is [C-]#[N+]c1cc(-c2nc(-c3ccccc3)nc(-c3ccccc3)n2)cc(C#N)c1-n1c2ccccc2c2cc3c(cc21)-c1ccccc1C31c2ccccc2Oc2ccccc21.[C-]#[N+]c1cc(-c2nc(-c3ccccc3)nc(-c3ccccc3)n2)cc(C#N)c1-n1c2ccccc2c2cc3c(cc21)C1(c2ccccc2Oc2ccccc21)c1ccccc1-3. The van der Waals surface area contributed by atoms with Crippen molar-refractivity contribution in [3.05, 3.63) is 442 Å². The van der Waals surface area contributed by atoms with Crippen LogP contribution in [0.1, 0.15) is 55.6 Å². The molecule has 2 spiro atoms. The van der Waals surface area contributed by atoms with Gasteiger partial charge in [0.05, 0.1) is 80.7 Å². The van der Waals surface area contributed by atoms with Crippen LogP contribution < -0.4 is 9.47 Å². The minimum absolute atomic E-state index is 0.305. The van der Waals surface area contributed by atoms with Crippen LogP contribution in [-0.4, -0.2) is 39.0 Å². The molecule has 24 rings (SSSR count). The Kier molecular flexibility index (Phi) is 15.9. The molecule has 6 heterocycles. The van der Waals surface area contributed by atoms with E-state index in [-0.39, 0.29) is 0 Å². The standard InChI is InChI=1S/2C54H30N6O/c1-56-45-29-35(53-58-51(33-16-4-2-5-17-33)57-52(59-53)34-18-6-3-7-19-34)28-36(32-55)50(45)60-46-25-13-9-21-38(46)40-30-44-39(31-47(40)60)37-20-8-10-22-41(37)54(44)42-23-11-14-26-48(42)61-49-27-15-12-24-43(49)54;1-56-45-29-35(53-58-51(33-16-4-2-5-17-33)57-52(59-53)34-18-6-3-7-19-34)28-36(32-55)50(45)60-46-25-13-9-21-38(46)40-30-39-37-20-8-10-22-41(37)54(44(39)31-47(40)60)42-23-11-14-26-48(42)61-49-27-15-12-24-43(49)54/h2*2-31H. The summed E-state index contributed by atoms with van der Waals surface area (Å²) in [6.45, 7) is 17.3. The highest BCUT2D eigenvalue weighted by Crippen LogP contribution is 2.65. The third-order valence-electron chi connectivity index (χ3n) is 24.3. The second-order valence-electron chi connectivity index (χ2n) is 30.6. The molecule has 4 aromatic heterocycles. The van der Waals surface area contributed by atoms with Crippen LogP contribution in [0.25, 0.3) is 155 Å². The van der Waals surface area contributed by atoms with E-state index in [1.54, 1.807) is 24.3 Å². The zero-order valence-corrected chi connectivity index (χ0v) is 64.8. The van der Waals surface area contributed by atoms with Gasteiger partial charge in [-0.1, -0.05) is 279 Å². The fourth-order valence-corrected chi connectivity index (χ4v) is 19.3. The average molecular weight is 1560 g/mol. The van der Waals surface area contributed by atoms with Crippen molar-refractivity contribution in [2.24, 2.45) is 0 Å². The Morgan fingerprint density at radius 2 is 0.549 bits per heavy atom. The number of aromatic nitrogens is 8. The number of hydrogen-bond acceptors (Lipinski definition) is 10. The van der Waals surface area contributed by atoms with Gasteiger partial charge in [0.1, 0.15) is 23.0 Å². The van der Waals surface area contributed by atoms with Crippen molar-refractivity contribution in [1.29, 1.82) is 10.5 Å². The number of ether oxygens (including phenoxy) is 2. The molecule has 0 saturated carbocycles. The summed E-state index contributed by atoms with van der Waals surface area (Å²) in [4.78, 5) is 37.7. The van der Waals surface area contributed by atoms with Crippen LogP contribution in [0.5, 0.6) is 23.0 Å². The Morgan fingerprint density at radius 1 is 0.254 bits per heavy atom. The Bertz CT molecular complexity index is 7740. The fraction of sp³-hybridized carbons (Fsp3) is 0.0185. The van der Waals surface area contributed by atoms with Crippen LogP contribution in [0.2, 0.25) is 0 Å². The average Bonchev–Trinajstić information content (AvgIpc) is 1.51. The summed E-state index contributed by atoms with van der Waals surface area (Å²) < 4.78 is 17.4. The Labute approximate surface area is 700 Å². The van der Waals surface area contributed by atoms with Crippen LogP contribution >= 0.6 is 0 Å². The van der Waals surface area contributed by atoms with Gasteiger partial charge in [0.2, 0.25) is 11.4 Å². The fourth-order valence-electron chi connectivity index (χ4n) is 19.3. The first-order valence-corrected chi connectivity index (χ1v) is 40.1. The zero-order valence-electron chi connectivity index (χ0n) is 64.8. The smallest absolute Gasteiger partial charge is 0.212 e. The number of benzene rings is 16. The van der Waals surface area contributed by atoms with Gasteiger partial charge in [-0.25, -0.2) is 39.6 Å². The van der Waals surface area contributed by atoms with Gasteiger partial charge >= 0.3 is 0 Å². The number of nitrogens with zero attached hydrogens (tertiary/aromatic N) is 12. The van der Waals surface area contributed by atoms with Gasteiger partial charge in [0, 0.05) is 77.2 Å². The van der Waals surface area contributed by atoms with Crippen molar-refractivity contribution in [3.63, 3.8) is 0 Å². The maximum Gasteiger partial charge on any atom is 0.212 e. The van der Waals surface area contributed by atoms with Gasteiger partial charge in [0.25, 0.3) is 0 Å². The summed E-state index contributed by atoms with van der Waals surface area (Å²) in [6, 6.07) is 128. The van der Waals surface area contributed by atoms with Crippen molar-refractivity contribution >= 4 is 55.0 Å². The lowest BCUT2D eigenvalue weighted by atomic mass is 9.66. The molecular formula is C108H60N12O2. The van der Waals surface area contributed by atoms with Crippen LogP contribution in [0.15, 0.2) is 364 Å². The Hall–Kier alpha value is -17.3. The molecular weight excluding hydrogens is 1500 g/mol. The highest BCUT2D eigenvalue weighted by Gasteiger charge is 2.53. The predicted molar refractivity (Wildman–Crippen MR) is 478 cm³/mol. The molecule has 0 fully saturated rings. The van der Waals surface area contributed by atoms with E-state index >= 15 is 0 Å². The van der Waals surface area contributed by atoms with E-state index in [0.717, 1.165) is 144 Å². The minimum Gasteiger partial charge on any atom is -0.457 e. The molecule has 122 heavy (non-hydrogen) atoms. The largest absolute Gasteiger partial charge is 0.457 e. The molecule has 14 nitrogen and oxygen atoms in total. The van der Waals surface area contributed by atoms with Gasteiger partial charge in [-0.05, 0) is 129 Å². The van der Waals surface area contributed by atoms with Crippen LogP contribution in [0.4, 0.5) is 11.4 Å². The number of para-hydroxylation sites is 6. The lowest BCUT2D eigenvalue weighted by Crippen LogP contribution is -2.32. The Morgan fingerprint density at radius 3 is 0.918 bits per heavy atom. The molecule has 20 aromatic rings. The molecule has 0 atom stereocenters. The highest BCUT2D eigenvalue weighted by atomic mass is 16.5. The summed E-state index contributed by atoms with van der Waals surface area (Å²) in [5.74, 6) is 6.03. The lowest BCUT2D eigenvalue weighted by Gasteiger charge is -2.39. The highest BCUT2D eigenvalue weighted by molar-refractivity contribution is 6.15. The summed E-state index contributed by atoms with van der Waals surface area (Å²) in [7, 11) is 0. The normalized spacial score (nSPS) is 12.8. The molecule has 0 bridgehead atoms. The first-order valence-electron chi connectivity index (χ1n) is 40.1. The second-order valence-corrected chi connectivity index (χ2v) is 30.6. The van der Waals surface area contributed by atoms with Crippen LogP contribution in [0, 0.1) is 35.8 Å². The summed E-state index contributed by atoms with van der Waals surface area (Å²) in [6.07, 6.45) is 0. The molecule has 2 aliphatic heterocycles. The van der Waals surface area contributed by atoms with Crippen molar-refractivity contribution in [1.82, 2.24) is 39.0 Å². The molecule has 2 aliphatic carbocycles. The van der Waals surface area contributed by atoms with Gasteiger partial charge in [-0.2, -0.15) is 10.5 Å². The molecule has 0 saturated heterocycles. The van der Waals surface area contributed by atoms with E-state index in [0.29, 0.717) is 79.9 Å². The van der Waals surface area contributed by atoms with E-state index in [1.165, 1.54) is 11.1 Å². The molecule has 0 N–H and O–H groups in total. The number of fused-ring (bicyclic) bond motifs is 24. The van der Waals surface area contributed by atoms with Crippen molar-refractivity contribution in [2.45, 2.75) is 10.8 Å². The van der Waals surface area contributed by atoms with Crippen molar-refractivity contribution in [2.75, 3.05) is 0 Å². The third-order valence-corrected chi connectivity index (χ3v) is 24.3. The van der Waals surface area contributed by atoms with Gasteiger partial charge in [-0.3, -0.25) is 0 Å². The number of hydrogen-bond donors (Lipinski definition) is 0. The maximum absolute atomic E-state index is 11.1. The Balaban J connectivity index is 0.000000142. The first kappa shape index (κ1) is 70.1. The molecule has 0 unspecified atom stereocenters. The molecule has 0 amide bonds. The molecule has 4 aliphatic rings. The van der Waals surface area contributed by atoms with Gasteiger partial charge in [-0.15, -0.1) is 0 Å². The monoisotopic (exact) mass is 1560 g/mol. The summed E-state index contributed by atoms with van der Waals surface area (Å²) in [5, 5.41) is 26.2. The van der Waals surface area contributed by atoms with E-state index < -0.39 is 10.8 Å². The topological polar surface area (TPSA) is 162 Å². The lowest BCUT2D eigenvalue weighted by molar-refractivity contribution is 0.436. The third kappa shape index (κ3) is 10.5. The van der Waals surface area contributed by atoms with Gasteiger partial charge < -0.3 is 18.6 Å². The second kappa shape index (κ2) is 27.7. The summed E-state index contributed by atoms with van der Waals surface area (Å²) >= 11 is 0. The minimum atomic E-state index is -0.691. The van der Waals surface area contributed by atoms with Crippen LogP contribution in [-0.2, 0) is 10.8 Å². The van der Waals surface area contributed by atoms with E-state index in [9.17, 15) is 10.5 Å². The zero-order chi connectivity index (χ0) is 81.3. The maximum atomic E-state index is 11.1. The molecule has 564 valence electrons. The quantitative estimate of drug-likeness (QED) is 0.134. The van der Waals surface area contributed by atoms with Crippen molar-refractivity contribution < 1.29 is 9.47 Å². The van der Waals surface area contributed by atoms with E-state index in [4.69, 9.17) is 52.5 Å². The number of rotatable bonds is 8.